The van der Waals surface area contributed by atoms with Crippen LogP contribution < -0.4 is 0 Å². The van der Waals surface area contributed by atoms with E-state index in [0.717, 1.165) is 44.0 Å². The van der Waals surface area contributed by atoms with Gasteiger partial charge in [0.1, 0.15) is 6.10 Å². The molecule has 6 nitrogen and oxygen atoms in total. The first kappa shape index (κ1) is 18.4. The standard InChI is InChI=1S/C20H27N5OS/c1-14(2)10-16-4-5-17(27-16)13-24-8-9-25-15(12-24)11-18(22-25)20(26)19-6-7-21-23(19)3/h4-7,11,14,20,26H,8-10,12-13H2,1-3H3/t20-/m0/s1. The Morgan fingerprint density at radius 3 is 2.74 bits per heavy atom. The molecule has 0 aliphatic carbocycles. The van der Waals surface area contributed by atoms with Crippen molar-refractivity contribution in [1.82, 2.24) is 24.5 Å². The van der Waals surface area contributed by atoms with Crippen LogP contribution in [-0.4, -0.2) is 36.1 Å². The van der Waals surface area contributed by atoms with E-state index in [0.29, 0.717) is 11.6 Å². The molecule has 3 aromatic heterocycles. The van der Waals surface area contributed by atoms with E-state index < -0.39 is 6.10 Å². The van der Waals surface area contributed by atoms with E-state index in [4.69, 9.17) is 0 Å². The Kier molecular flexibility index (Phi) is 5.16. The monoisotopic (exact) mass is 385 g/mol. The van der Waals surface area contributed by atoms with Gasteiger partial charge in [-0.25, -0.2) is 0 Å². The summed E-state index contributed by atoms with van der Waals surface area (Å²) in [5.74, 6) is 0.699. The fourth-order valence-electron chi connectivity index (χ4n) is 3.66. The minimum absolute atomic E-state index is 0.699. The van der Waals surface area contributed by atoms with Gasteiger partial charge in [-0.3, -0.25) is 14.3 Å². The highest BCUT2D eigenvalue weighted by atomic mass is 32.1. The molecule has 0 aromatic carbocycles. The van der Waals surface area contributed by atoms with Gasteiger partial charge in [0.15, 0.2) is 0 Å². The molecule has 7 heteroatoms. The Hall–Kier alpha value is -1.96. The van der Waals surface area contributed by atoms with Gasteiger partial charge < -0.3 is 5.11 Å². The maximum absolute atomic E-state index is 10.6. The van der Waals surface area contributed by atoms with Crippen LogP contribution in [0.1, 0.15) is 46.8 Å². The Labute approximate surface area is 164 Å². The second-order valence-electron chi connectivity index (χ2n) is 7.74. The van der Waals surface area contributed by atoms with Crippen LogP contribution in [0.3, 0.4) is 0 Å². The first-order valence-electron chi connectivity index (χ1n) is 9.52. The zero-order chi connectivity index (χ0) is 19.0. The SMILES string of the molecule is CC(C)Cc1ccc(CN2CCn3nc([C@H](O)c4ccnn4C)cc3C2)s1. The number of nitrogens with zero attached hydrogens (tertiary/aromatic N) is 5. The van der Waals surface area contributed by atoms with Crippen LogP contribution in [0.4, 0.5) is 0 Å². The van der Waals surface area contributed by atoms with E-state index in [2.05, 4.69) is 41.1 Å². The van der Waals surface area contributed by atoms with Gasteiger partial charge in [0.05, 0.1) is 23.6 Å². The minimum Gasteiger partial charge on any atom is -0.380 e. The van der Waals surface area contributed by atoms with Gasteiger partial charge in [0.25, 0.3) is 0 Å². The lowest BCUT2D eigenvalue weighted by atomic mass is 10.1. The van der Waals surface area contributed by atoms with Gasteiger partial charge >= 0.3 is 0 Å². The molecule has 4 heterocycles. The number of aryl methyl sites for hydroxylation is 1. The zero-order valence-electron chi connectivity index (χ0n) is 16.2. The number of fused-ring (bicyclic) bond motifs is 1. The Morgan fingerprint density at radius 2 is 2.00 bits per heavy atom. The second-order valence-corrected chi connectivity index (χ2v) is 9.00. The van der Waals surface area contributed by atoms with Gasteiger partial charge in [-0.15, -0.1) is 11.3 Å². The molecule has 144 valence electrons. The predicted molar refractivity (Wildman–Crippen MR) is 106 cm³/mol. The summed E-state index contributed by atoms with van der Waals surface area (Å²) in [6, 6.07) is 8.41. The summed E-state index contributed by atoms with van der Waals surface area (Å²) in [4.78, 5) is 5.36. The van der Waals surface area contributed by atoms with Crippen LogP contribution in [0.2, 0.25) is 0 Å². The van der Waals surface area contributed by atoms with Crippen molar-refractivity contribution in [3.8, 4) is 0 Å². The third-order valence-corrected chi connectivity index (χ3v) is 6.11. The van der Waals surface area contributed by atoms with Crippen LogP contribution in [0.5, 0.6) is 0 Å². The van der Waals surface area contributed by atoms with E-state index in [1.54, 1.807) is 10.9 Å². The van der Waals surface area contributed by atoms with Crippen molar-refractivity contribution < 1.29 is 5.11 Å². The fraction of sp³-hybridized carbons (Fsp3) is 0.500. The maximum atomic E-state index is 10.6. The van der Waals surface area contributed by atoms with Gasteiger partial charge in [-0.05, 0) is 36.6 Å². The van der Waals surface area contributed by atoms with Crippen molar-refractivity contribution in [3.63, 3.8) is 0 Å². The molecule has 1 atom stereocenters. The van der Waals surface area contributed by atoms with Gasteiger partial charge in [0, 0.05) is 42.6 Å². The van der Waals surface area contributed by atoms with E-state index in [1.807, 2.05) is 35.2 Å². The third-order valence-electron chi connectivity index (χ3n) is 5.02. The summed E-state index contributed by atoms with van der Waals surface area (Å²) in [5.41, 5.74) is 2.63. The molecule has 0 bridgehead atoms. The largest absolute Gasteiger partial charge is 0.380 e. The predicted octanol–water partition coefficient (Wildman–Crippen LogP) is 2.97. The lowest BCUT2D eigenvalue weighted by Gasteiger charge is -2.26. The number of thiophene rings is 1. The van der Waals surface area contributed by atoms with Crippen LogP contribution in [-0.2, 0) is 33.1 Å². The molecular weight excluding hydrogens is 358 g/mol. The van der Waals surface area contributed by atoms with E-state index in [9.17, 15) is 5.11 Å². The molecule has 0 fully saturated rings. The minimum atomic E-state index is -0.736. The molecule has 4 rings (SSSR count). The lowest BCUT2D eigenvalue weighted by molar-refractivity contribution is 0.197. The molecule has 3 aromatic rings. The first-order valence-corrected chi connectivity index (χ1v) is 10.3. The highest BCUT2D eigenvalue weighted by Gasteiger charge is 2.23. The number of aromatic nitrogens is 4. The van der Waals surface area contributed by atoms with Gasteiger partial charge in [-0.2, -0.15) is 10.2 Å². The summed E-state index contributed by atoms with van der Waals surface area (Å²) in [6.07, 6.45) is 2.12. The molecule has 0 saturated heterocycles. The van der Waals surface area contributed by atoms with Crippen molar-refractivity contribution >= 4 is 11.3 Å². The molecule has 0 unspecified atom stereocenters. The topological polar surface area (TPSA) is 59.1 Å². The summed E-state index contributed by atoms with van der Waals surface area (Å²) in [6.45, 7) is 8.21. The lowest BCUT2D eigenvalue weighted by Crippen LogP contribution is -2.33. The molecule has 27 heavy (non-hydrogen) atoms. The summed E-state index contributed by atoms with van der Waals surface area (Å²) in [7, 11) is 1.84. The number of rotatable bonds is 6. The molecule has 0 radical (unpaired) electrons. The average molecular weight is 386 g/mol. The number of aliphatic hydroxyl groups is 1. The zero-order valence-corrected chi connectivity index (χ0v) is 17.0. The van der Waals surface area contributed by atoms with Crippen molar-refractivity contribution in [3.05, 3.63) is 57.3 Å². The normalized spacial score (nSPS) is 16.0. The Morgan fingerprint density at radius 1 is 1.19 bits per heavy atom. The van der Waals surface area contributed by atoms with Crippen molar-refractivity contribution in [2.24, 2.45) is 13.0 Å². The molecule has 1 N–H and O–H groups in total. The van der Waals surface area contributed by atoms with Crippen molar-refractivity contribution in [1.29, 1.82) is 0 Å². The second kappa shape index (κ2) is 7.58. The molecule has 1 aliphatic heterocycles. The number of hydrogen-bond acceptors (Lipinski definition) is 5. The molecule has 0 saturated carbocycles. The maximum Gasteiger partial charge on any atom is 0.139 e. The fourth-order valence-corrected chi connectivity index (χ4v) is 4.93. The van der Waals surface area contributed by atoms with Gasteiger partial charge in [0.2, 0.25) is 0 Å². The number of hydrogen-bond donors (Lipinski definition) is 1. The molecule has 1 aliphatic rings. The molecule has 0 amide bonds. The molecular formula is C20H27N5OS. The van der Waals surface area contributed by atoms with Crippen molar-refractivity contribution in [2.45, 2.75) is 46.0 Å². The third kappa shape index (κ3) is 4.00. The van der Waals surface area contributed by atoms with Gasteiger partial charge in [-0.1, -0.05) is 13.8 Å². The van der Waals surface area contributed by atoms with Crippen molar-refractivity contribution in [2.75, 3.05) is 6.54 Å². The summed E-state index contributed by atoms with van der Waals surface area (Å²) in [5, 5.41) is 19.4. The highest BCUT2D eigenvalue weighted by Crippen LogP contribution is 2.26. The molecule has 0 spiro atoms. The van der Waals surface area contributed by atoms with Crippen LogP contribution in [0.15, 0.2) is 30.5 Å². The summed E-state index contributed by atoms with van der Waals surface area (Å²) < 4.78 is 3.73. The van der Waals surface area contributed by atoms with E-state index in [1.165, 1.54) is 9.75 Å². The quantitative estimate of drug-likeness (QED) is 0.709. The Bertz CT molecular complexity index is 909. The summed E-state index contributed by atoms with van der Waals surface area (Å²) >= 11 is 1.93. The van der Waals surface area contributed by atoms with Crippen LogP contribution >= 0.6 is 11.3 Å². The first-order chi connectivity index (χ1) is 13.0. The van der Waals surface area contributed by atoms with E-state index >= 15 is 0 Å². The average Bonchev–Trinajstić information content (AvgIpc) is 3.33. The van der Waals surface area contributed by atoms with Crippen LogP contribution in [0.25, 0.3) is 0 Å². The van der Waals surface area contributed by atoms with Crippen LogP contribution in [0, 0.1) is 5.92 Å². The Balaban J connectivity index is 1.43. The van der Waals surface area contributed by atoms with E-state index in [-0.39, 0.29) is 0 Å². The highest BCUT2D eigenvalue weighted by molar-refractivity contribution is 7.11. The smallest absolute Gasteiger partial charge is 0.139 e. The number of aliphatic hydroxyl groups excluding tert-OH is 1.